The van der Waals surface area contributed by atoms with Crippen LogP contribution in [0.2, 0.25) is 0 Å². The molecule has 3 heterocycles. The van der Waals surface area contributed by atoms with E-state index in [1.54, 1.807) is 36.4 Å². The number of aliphatic hydroxyl groups is 1. The molecular formula is C18H21N5O3. The van der Waals surface area contributed by atoms with Crippen LogP contribution in [0.4, 0.5) is 0 Å². The third-order valence-electron chi connectivity index (χ3n) is 5.02. The molecule has 2 N–H and O–H groups in total. The van der Waals surface area contributed by atoms with Gasteiger partial charge in [0.1, 0.15) is 17.0 Å². The maximum absolute atomic E-state index is 12.9. The van der Waals surface area contributed by atoms with Gasteiger partial charge in [0.15, 0.2) is 0 Å². The van der Waals surface area contributed by atoms with Gasteiger partial charge in [-0.2, -0.15) is 5.10 Å². The van der Waals surface area contributed by atoms with E-state index in [4.69, 9.17) is 4.74 Å². The van der Waals surface area contributed by atoms with Crippen molar-refractivity contribution in [2.24, 2.45) is 13.0 Å². The van der Waals surface area contributed by atoms with Crippen molar-refractivity contribution in [3.8, 4) is 5.75 Å². The summed E-state index contributed by atoms with van der Waals surface area (Å²) in [5, 5.41) is 17.0. The van der Waals surface area contributed by atoms with Gasteiger partial charge in [-0.3, -0.25) is 9.78 Å². The van der Waals surface area contributed by atoms with Gasteiger partial charge in [-0.1, -0.05) is 0 Å². The second-order valence-electron chi connectivity index (χ2n) is 6.73. The fraction of sp³-hybridized carbons (Fsp3) is 0.389. The van der Waals surface area contributed by atoms with E-state index in [2.05, 4.69) is 15.4 Å². The van der Waals surface area contributed by atoms with E-state index in [1.807, 2.05) is 23.9 Å². The Morgan fingerprint density at radius 3 is 2.88 bits per heavy atom. The molecule has 136 valence electrons. The zero-order valence-electron chi connectivity index (χ0n) is 14.7. The second-order valence-corrected chi connectivity index (χ2v) is 6.73. The molecule has 3 aromatic rings. The molecule has 26 heavy (non-hydrogen) atoms. The lowest BCUT2D eigenvalue weighted by Crippen LogP contribution is -2.41. The summed E-state index contributed by atoms with van der Waals surface area (Å²) in [6.45, 7) is 0. The average Bonchev–Trinajstić information content (AvgIpc) is 3.20. The predicted octanol–water partition coefficient (Wildman–Crippen LogP) is 1.32. The Bertz CT molecular complexity index is 941. The molecule has 1 atom stereocenters. The highest BCUT2D eigenvalue weighted by Gasteiger charge is 2.36. The molecule has 0 saturated heterocycles. The van der Waals surface area contributed by atoms with Gasteiger partial charge >= 0.3 is 0 Å². The van der Waals surface area contributed by atoms with Crippen molar-refractivity contribution in [1.29, 1.82) is 0 Å². The van der Waals surface area contributed by atoms with Crippen LogP contribution < -0.4 is 10.1 Å². The molecule has 0 unspecified atom stereocenters. The average molecular weight is 355 g/mol. The molecule has 0 spiro atoms. The van der Waals surface area contributed by atoms with Gasteiger partial charge in [-0.05, 0) is 30.4 Å². The van der Waals surface area contributed by atoms with E-state index in [9.17, 15) is 9.90 Å². The Kier molecular flexibility index (Phi) is 4.12. The van der Waals surface area contributed by atoms with Crippen molar-refractivity contribution in [1.82, 2.24) is 24.5 Å². The number of nitrogens with one attached hydrogen (secondary N) is 1. The van der Waals surface area contributed by atoms with E-state index in [1.165, 1.54) is 0 Å². The first-order chi connectivity index (χ1) is 12.6. The minimum Gasteiger partial charge on any atom is -0.495 e. The van der Waals surface area contributed by atoms with Crippen LogP contribution in [0.3, 0.4) is 0 Å². The van der Waals surface area contributed by atoms with Gasteiger partial charge in [0, 0.05) is 25.6 Å². The number of carbonyl (C=O) groups is 1. The van der Waals surface area contributed by atoms with Crippen molar-refractivity contribution >= 4 is 11.6 Å². The lowest BCUT2D eigenvalue weighted by molar-refractivity contribution is 0.0234. The number of amides is 1. The molecular weight excluding hydrogens is 334 g/mol. The summed E-state index contributed by atoms with van der Waals surface area (Å²) in [6, 6.07) is 1.63. The number of ether oxygens (including phenoxy) is 1. The minimum atomic E-state index is -0.311. The largest absolute Gasteiger partial charge is 0.495 e. The van der Waals surface area contributed by atoms with E-state index in [0.29, 0.717) is 24.2 Å². The Morgan fingerprint density at radius 1 is 1.35 bits per heavy atom. The SMILES string of the molecule is COc1cncc([C@H](NC(=O)c2cnn3ccn(C)c23)C2CC(O)C2)c1. The third kappa shape index (κ3) is 2.82. The summed E-state index contributed by atoms with van der Waals surface area (Å²) in [7, 11) is 3.46. The molecule has 8 nitrogen and oxygen atoms in total. The van der Waals surface area contributed by atoms with Crippen LogP contribution >= 0.6 is 0 Å². The predicted molar refractivity (Wildman–Crippen MR) is 93.9 cm³/mol. The van der Waals surface area contributed by atoms with E-state index in [0.717, 1.165) is 11.2 Å². The van der Waals surface area contributed by atoms with Crippen LogP contribution in [0.15, 0.2) is 37.1 Å². The van der Waals surface area contributed by atoms with Gasteiger partial charge in [0.2, 0.25) is 0 Å². The van der Waals surface area contributed by atoms with Crippen molar-refractivity contribution in [3.63, 3.8) is 0 Å². The smallest absolute Gasteiger partial charge is 0.257 e. The minimum absolute atomic E-state index is 0.155. The fourth-order valence-electron chi connectivity index (χ4n) is 3.52. The molecule has 4 rings (SSSR count). The number of aromatic nitrogens is 4. The van der Waals surface area contributed by atoms with E-state index in [-0.39, 0.29) is 24.0 Å². The van der Waals surface area contributed by atoms with Gasteiger partial charge in [0.25, 0.3) is 5.91 Å². The number of imidazole rings is 1. The number of rotatable bonds is 5. The molecule has 1 fully saturated rings. The summed E-state index contributed by atoms with van der Waals surface area (Å²) in [4.78, 5) is 17.1. The first kappa shape index (κ1) is 16.6. The zero-order valence-corrected chi connectivity index (χ0v) is 14.7. The highest BCUT2D eigenvalue weighted by molar-refractivity contribution is 6.00. The number of carbonyl (C=O) groups excluding carboxylic acids is 1. The molecule has 1 saturated carbocycles. The lowest BCUT2D eigenvalue weighted by atomic mass is 9.75. The third-order valence-corrected chi connectivity index (χ3v) is 5.02. The number of aryl methyl sites for hydroxylation is 1. The standard InChI is InChI=1S/C18H21N5O3/c1-22-3-4-23-18(22)15(10-20-23)17(25)21-16(11-5-13(24)6-11)12-7-14(26-2)9-19-8-12/h3-4,7-11,13,16,24H,5-6H2,1-2H3,(H,21,25)/t11?,13?,16-/m1/s1. The summed E-state index contributed by atoms with van der Waals surface area (Å²) < 4.78 is 8.79. The van der Waals surface area contributed by atoms with Crippen molar-refractivity contribution < 1.29 is 14.6 Å². The van der Waals surface area contributed by atoms with Gasteiger partial charge < -0.3 is 19.7 Å². The highest BCUT2D eigenvalue weighted by Crippen LogP contribution is 2.38. The molecule has 0 aromatic carbocycles. The Balaban J connectivity index is 1.64. The molecule has 8 heteroatoms. The van der Waals surface area contributed by atoms with E-state index >= 15 is 0 Å². The van der Waals surface area contributed by atoms with Gasteiger partial charge in [0.05, 0.1) is 31.6 Å². The van der Waals surface area contributed by atoms with Crippen LogP contribution in [-0.2, 0) is 7.05 Å². The number of nitrogens with zero attached hydrogens (tertiary/aromatic N) is 4. The number of fused-ring (bicyclic) bond motifs is 1. The van der Waals surface area contributed by atoms with Crippen molar-refractivity contribution in [2.45, 2.75) is 25.0 Å². The van der Waals surface area contributed by atoms with Crippen LogP contribution in [0.1, 0.15) is 34.8 Å². The summed E-state index contributed by atoms with van der Waals surface area (Å²) >= 11 is 0. The zero-order chi connectivity index (χ0) is 18.3. The number of pyridine rings is 1. The number of methoxy groups -OCH3 is 1. The molecule has 3 aromatic heterocycles. The van der Waals surface area contributed by atoms with Gasteiger partial charge in [-0.15, -0.1) is 0 Å². The summed E-state index contributed by atoms with van der Waals surface area (Å²) in [6.07, 6.45) is 9.57. The number of hydrogen-bond donors (Lipinski definition) is 2. The number of aliphatic hydroxyl groups excluding tert-OH is 1. The molecule has 0 radical (unpaired) electrons. The summed E-state index contributed by atoms with van der Waals surface area (Å²) in [5.41, 5.74) is 2.11. The normalized spacial score (nSPS) is 20.6. The maximum Gasteiger partial charge on any atom is 0.257 e. The first-order valence-corrected chi connectivity index (χ1v) is 8.53. The maximum atomic E-state index is 12.9. The van der Waals surface area contributed by atoms with Crippen LogP contribution in [-0.4, -0.2) is 43.4 Å². The van der Waals surface area contributed by atoms with Crippen molar-refractivity contribution in [2.75, 3.05) is 7.11 Å². The second kappa shape index (κ2) is 6.45. The Labute approximate surface area is 150 Å². The van der Waals surface area contributed by atoms with Crippen molar-refractivity contribution in [3.05, 3.63) is 48.2 Å². The topological polar surface area (TPSA) is 93.7 Å². The molecule has 0 aliphatic heterocycles. The first-order valence-electron chi connectivity index (χ1n) is 8.53. The van der Waals surface area contributed by atoms with Crippen LogP contribution in [0.25, 0.3) is 5.65 Å². The van der Waals surface area contributed by atoms with Crippen LogP contribution in [0, 0.1) is 5.92 Å². The molecule has 1 amide bonds. The quantitative estimate of drug-likeness (QED) is 0.720. The Morgan fingerprint density at radius 2 is 2.15 bits per heavy atom. The molecule has 0 bridgehead atoms. The van der Waals surface area contributed by atoms with Gasteiger partial charge in [-0.25, -0.2) is 4.52 Å². The monoisotopic (exact) mass is 355 g/mol. The van der Waals surface area contributed by atoms with Crippen LogP contribution in [0.5, 0.6) is 5.75 Å². The summed E-state index contributed by atoms with van der Waals surface area (Å²) in [5.74, 6) is 0.593. The molecule has 1 aliphatic rings. The molecule has 1 aliphatic carbocycles. The number of hydrogen-bond acceptors (Lipinski definition) is 5. The fourth-order valence-corrected chi connectivity index (χ4v) is 3.52. The van der Waals surface area contributed by atoms with E-state index < -0.39 is 0 Å². The Hall–Kier alpha value is -2.87. The lowest BCUT2D eigenvalue weighted by Gasteiger charge is -2.38. The highest BCUT2D eigenvalue weighted by atomic mass is 16.5.